The standard InChI is InChI=1S/C15H23N3O4/c1-15(2,3)22-14(20)18(7-8-19)10-11-5-4-6-12(9-11)13(16)17-21/h4-6,9,19,21H,7-8,10H2,1-3H3,(H2,16,17). The number of aliphatic hydroxyl groups is 1. The number of amides is 1. The maximum atomic E-state index is 12.1. The van der Waals surface area contributed by atoms with Gasteiger partial charge in [-0.2, -0.15) is 0 Å². The molecular formula is C15H23N3O4. The zero-order valence-corrected chi connectivity index (χ0v) is 13.1. The first-order valence-corrected chi connectivity index (χ1v) is 6.92. The van der Waals surface area contributed by atoms with Crippen molar-refractivity contribution in [3.63, 3.8) is 0 Å². The van der Waals surface area contributed by atoms with Gasteiger partial charge in [0.25, 0.3) is 0 Å². The first-order valence-electron chi connectivity index (χ1n) is 6.92. The van der Waals surface area contributed by atoms with Crippen LogP contribution in [0, 0.1) is 0 Å². The Labute approximate surface area is 130 Å². The molecule has 1 aromatic carbocycles. The lowest BCUT2D eigenvalue weighted by Gasteiger charge is -2.27. The van der Waals surface area contributed by atoms with Gasteiger partial charge in [0.15, 0.2) is 5.84 Å². The van der Waals surface area contributed by atoms with Crippen molar-refractivity contribution < 1.29 is 19.8 Å². The average Bonchev–Trinajstić information content (AvgIpc) is 2.44. The summed E-state index contributed by atoms with van der Waals surface area (Å²) in [7, 11) is 0. The fourth-order valence-corrected chi connectivity index (χ4v) is 1.79. The van der Waals surface area contributed by atoms with E-state index in [1.807, 2.05) is 6.07 Å². The van der Waals surface area contributed by atoms with Crippen LogP contribution in [0.15, 0.2) is 29.4 Å². The molecule has 1 rings (SSSR count). The Morgan fingerprint density at radius 3 is 2.64 bits per heavy atom. The first kappa shape index (κ1) is 17.8. The third kappa shape index (κ3) is 5.61. The maximum absolute atomic E-state index is 12.1. The molecule has 0 heterocycles. The number of hydrogen-bond acceptors (Lipinski definition) is 5. The summed E-state index contributed by atoms with van der Waals surface area (Å²) in [6.45, 7) is 5.58. The van der Waals surface area contributed by atoms with Crippen molar-refractivity contribution in [3.8, 4) is 0 Å². The molecule has 1 amide bonds. The van der Waals surface area contributed by atoms with E-state index < -0.39 is 11.7 Å². The van der Waals surface area contributed by atoms with Crippen molar-refractivity contribution in [1.29, 1.82) is 0 Å². The van der Waals surface area contributed by atoms with Gasteiger partial charge in [-0.3, -0.25) is 0 Å². The van der Waals surface area contributed by atoms with E-state index in [2.05, 4.69) is 5.16 Å². The van der Waals surface area contributed by atoms with E-state index in [1.54, 1.807) is 39.0 Å². The Kier molecular flexibility index (Phi) is 6.18. The third-order valence-electron chi connectivity index (χ3n) is 2.73. The molecule has 7 heteroatoms. The SMILES string of the molecule is CC(C)(C)OC(=O)N(CCO)Cc1cccc(C(N)=NO)c1. The summed E-state index contributed by atoms with van der Waals surface area (Å²) in [6, 6.07) is 6.96. The quantitative estimate of drug-likeness (QED) is 0.331. The first-order chi connectivity index (χ1) is 10.3. The van der Waals surface area contributed by atoms with Crippen LogP contribution < -0.4 is 5.73 Å². The summed E-state index contributed by atoms with van der Waals surface area (Å²) in [5, 5.41) is 20.8. The van der Waals surface area contributed by atoms with Gasteiger partial charge in [-0.25, -0.2) is 4.79 Å². The Bertz CT molecular complexity index is 538. The smallest absolute Gasteiger partial charge is 0.410 e. The van der Waals surface area contributed by atoms with Crippen molar-refractivity contribution in [1.82, 2.24) is 4.90 Å². The van der Waals surface area contributed by atoms with Crippen LogP contribution in [0.25, 0.3) is 0 Å². The van der Waals surface area contributed by atoms with Crippen LogP contribution in [0.4, 0.5) is 4.79 Å². The summed E-state index contributed by atoms with van der Waals surface area (Å²) in [4.78, 5) is 13.5. The second-order valence-corrected chi connectivity index (χ2v) is 5.81. The Morgan fingerprint density at radius 2 is 2.09 bits per heavy atom. The molecule has 0 radical (unpaired) electrons. The number of benzene rings is 1. The van der Waals surface area contributed by atoms with Crippen LogP contribution >= 0.6 is 0 Å². The highest BCUT2D eigenvalue weighted by Crippen LogP contribution is 2.13. The van der Waals surface area contributed by atoms with E-state index >= 15 is 0 Å². The van der Waals surface area contributed by atoms with Gasteiger partial charge < -0.3 is 25.7 Å². The highest BCUT2D eigenvalue weighted by molar-refractivity contribution is 5.97. The predicted molar refractivity (Wildman–Crippen MR) is 82.7 cm³/mol. The van der Waals surface area contributed by atoms with Crippen LogP contribution in [-0.4, -0.2) is 45.9 Å². The zero-order chi connectivity index (χ0) is 16.8. The van der Waals surface area contributed by atoms with Gasteiger partial charge in [-0.15, -0.1) is 0 Å². The molecule has 0 spiro atoms. The highest BCUT2D eigenvalue weighted by atomic mass is 16.6. The predicted octanol–water partition coefficient (Wildman–Crippen LogP) is 1.51. The molecule has 4 N–H and O–H groups in total. The van der Waals surface area contributed by atoms with E-state index in [4.69, 9.17) is 20.8 Å². The number of aliphatic hydroxyl groups excluding tert-OH is 1. The fraction of sp³-hybridized carbons (Fsp3) is 0.467. The highest BCUT2D eigenvalue weighted by Gasteiger charge is 2.22. The number of oxime groups is 1. The minimum Gasteiger partial charge on any atom is -0.444 e. The topological polar surface area (TPSA) is 108 Å². The number of hydrogen-bond donors (Lipinski definition) is 3. The van der Waals surface area contributed by atoms with Gasteiger partial charge in [0.2, 0.25) is 0 Å². The van der Waals surface area contributed by atoms with E-state index in [0.717, 1.165) is 5.56 Å². The molecule has 0 atom stereocenters. The lowest BCUT2D eigenvalue weighted by Crippen LogP contribution is -2.38. The molecule has 0 aliphatic carbocycles. The number of rotatable bonds is 5. The van der Waals surface area contributed by atoms with Gasteiger partial charge >= 0.3 is 6.09 Å². The molecule has 22 heavy (non-hydrogen) atoms. The molecule has 1 aromatic rings. The molecule has 0 aliphatic rings. The van der Waals surface area contributed by atoms with Crippen molar-refractivity contribution in [2.24, 2.45) is 10.9 Å². The number of nitrogens with two attached hydrogens (primary N) is 1. The van der Waals surface area contributed by atoms with Crippen molar-refractivity contribution in [3.05, 3.63) is 35.4 Å². The van der Waals surface area contributed by atoms with Gasteiger partial charge in [0.1, 0.15) is 5.60 Å². The number of carbonyl (C=O) groups excluding carboxylic acids is 1. The normalized spacial score (nSPS) is 12.1. The summed E-state index contributed by atoms with van der Waals surface area (Å²) in [6.07, 6.45) is -0.504. The second kappa shape index (κ2) is 7.65. The molecule has 7 nitrogen and oxygen atoms in total. The largest absolute Gasteiger partial charge is 0.444 e. The van der Waals surface area contributed by atoms with Crippen LogP contribution in [0.2, 0.25) is 0 Å². The Balaban J connectivity index is 2.89. The van der Waals surface area contributed by atoms with Crippen LogP contribution in [0.5, 0.6) is 0 Å². The minimum atomic E-state index is -0.611. The minimum absolute atomic E-state index is 0.00664. The molecule has 0 saturated heterocycles. The summed E-state index contributed by atoms with van der Waals surface area (Å²) < 4.78 is 5.31. The molecule has 0 fully saturated rings. The van der Waals surface area contributed by atoms with Crippen molar-refractivity contribution >= 4 is 11.9 Å². The fourth-order valence-electron chi connectivity index (χ4n) is 1.79. The molecule has 0 aliphatic heterocycles. The molecule has 0 saturated carbocycles. The van der Waals surface area contributed by atoms with Crippen LogP contribution in [-0.2, 0) is 11.3 Å². The Hall–Kier alpha value is -2.28. The van der Waals surface area contributed by atoms with Gasteiger partial charge in [0.05, 0.1) is 6.61 Å². The number of carbonyl (C=O) groups is 1. The molecule has 0 aromatic heterocycles. The van der Waals surface area contributed by atoms with E-state index in [-0.39, 0.29) is 25.5 Å². The number of amidine groups is 1. The van der Waals surface area contributed by atoms with Gasteiger partial charge in [-0.05, 0) is 32.4 Å². The van der Waals surface area contributed by atoms with E-state index in [0.29, 0.717) is 5.56 Å². The molecule has 0 bridgehead atoms. The van der Waals surface area contributed by atoms with Crippen molar-refractivity contribution in [2.45, 2.75) is 32.9 Å². The second-order valence-electron chi connectivity index (χ2n) is 5.81. The zero-order valence-electron chi connectivity index (χ0n) is 13.1. The summed E-state index contributed by atoms with van der Waals surface area (Å²) >= 11 is 0. The lowest BCUT2D eigenvalue weighted by atomic mass is 10.1. The van der Waals surface area contributed by atoms with Crippen LogP contribution in [0.1, 0.15) is 31.9 Å². The third-order valence-corrected chi connectivity index (χ3v) is 2.73. The van der Waals surface area contributed by atoms with E-state index in [9.17, 15) is 4.79 Å². The average molecular weight is 309 g/mol. The summed E-state index contributed by atoms with van der Waals surface area (Å²) in [5.74, 6) is -0.00664. The number of ether oxygens (including phenoxy) is 1. The van der Waals surface area contributed by atoms with E-state index in [1.165, 1.54) is 4.90 Å². The maximum Gasteiger partial charge on any atom is 0.410 e. The Morgan fingerprint density at radius 1 is 1.41 bits per heavy atom. The van der Waals surface area contributed by atoms with Crippen LogP contribution in [0.3, 0.4) is 0 Å². The van der Waals surface area contributed by atoms with Crippen molar-refractivity contribution in [2.75, 3.05) is 13.2 Å². The monoisotopic (exact) mass is 309 g/mol. The molecule has 0 unspecified atom stereocenters. The lowest BCUT2D eigenvalue weighted by molar-refractivity contribution is 0.0201. The molecular weight excluding hydrogens is 286 g/mol. The summed E-state index contributed by atoms with van der Waals surface area (Å²) in [5.41, 5.74) is 6.27. The van der Waals surface area contributed by atoms with Gasteiger partial charge in [-0.1, -0.05) is 23.4 Å². The molecule has 122 valence electrons. The number of nitrogens with zero attached hydrogens (tertiary/aromatic N) is 2. The van der Waals surface area contributed by atoms with Gasteiger partial charge in [0, 0.05) is 18.7 Å².